The minimum atomic E-state index is 0.0301. The number of amides is 1. The number of aryl methyl sites for hydroxylation is 4. The van der Waals surface area contributed by atoms with E-state index in [1.54, 1.807) is 16.0 Å². The molecular weight excluding hydrogens is 410 g/mol. The van der Waals surface area contributed by atoms with E-state index >= 15 is 0 Å². The largest absolute Gasteiger partial charge is 0.379 e. The zero-order valence-electron chi connectivity index (χ0n) is 18.8. The lowest BCUT2D eigenvalue weighted by Gasteiger charge is -2.27. The van der Waals surface area contributed by atoms with E-state index in [2.05, 4.69) is 36.0 Å². The number of hydrogen-bond acceptors (Lipinski definition) is 6. The van der Waals surface area contributed by atoms with Crippen molar-refractivity contribution in [3.8, 4) is 0 Å². The second kappa shape index (κ2) is 9.46. The van der Waals surface area contributed by atoms with Gasteiger partial charge in [-0.25, -0.2) is 4.98 Å². The summed E-state index contributed by atoms with van der Waals surface area (Å²) in [5, 5.41) is 5.26. The van der Waals surface area contributed by atoms with Gasteiger partial charge in [-0.1, -0.05) is 23.5 Å². The molecule has 1 amide bonds. The summed E-state index contributed by atoms with van der Waals surface area (Å²) in [5.74, 6) is 0.0301. The van der Waals surface area contributed by atoms with Crippen molar-refractivity contribution in [1.29, 1.82) is 0 Å². The summed E-state index contributed by atoms with van der Waals surface area (Å²) in [6.07, 6.45) is 0.900. The minimum Gasteiger partial charge on any atom is -0.379 e. The maximum Gasteiger partial charge on any atom is 0.250 e. The van der Waals surface area contributed by atoms with E-state index in [-0.39, 0.29) is 12.5 Å². The van der Waals surface area contributed by atoms with Gasteiger partial charge in [-0.2, -0.15) is 5.10 Å². The number of fused-ring (bicyclic) bond motifs is 1. The molecule has 0 spiro atoms. The third-order valence-electron chi connectivity index (χ3n) is 5.81. The van der Waals surface area contributed by atoms with Gasteiger partial charge in [0.1, 0.15) is 6.54 Å². The first-order valence-electron chi connectivity index (χ1n) is 10.9. The monoisotopic (exact) mass is 441 g/mol. The Morgan fingerprint density at radius 2 is 1.90 bits per heavy atom. The van der Waals surface area contributed by atoms with Crippen molar-refractivity contribution in [2.75, 3.05) is 44.3 Å². The highest BCUT2D eigenvalue weighted by Gasteiger charge is 2.22. The molecule has 0 unspecified atom stereocenters. The molecule has 0 aliphatic carbocycles. The van der Waals surface area contributed by atoms with Crippen LogP contribution in [0.5, 0.6) is 0 Å². The number of thiazole rings is 1. The summed E-state index contributed by atoms with van der Waals surface area (Å²) < 4.78 is 8.39. The molecule has 2 aromatic heterocycles. The molecule has 1 aliphatic rings. The zero-order chi connectivity index (χ0) is 22.0. The number of carbonyl (C=O) groups is 1. The number of aromatic nitrogens is 3. The quantitative estimate of drug-likeness (QED) is 0.562. The van der Waals surface area contributed by atoms with Crippen LogP contribution in [0.3, 0.4) is 0 Å². The predicted molar refractivity (Wildman–Crippen MR) is 125 cm³/mol. The van der Waals surface area contributed by atoms with Crippen LogP contribution >= 0.6 is 11.3 Å². The molecule has 166 valence electrons. The van der Waals surface area contributed by atoms with Crippen LogP contribution in [0.1, 0.15) is 28.9 Å². The lowest BCUT2D eigenvalue weighted by Crippen LogP contribution is -2.40. The average Bonchev–Trinajstić information content (AvgIpc) is 3.33. The van der Waals surface area contributed by atoms with Crippen LogP contribution in [0.25, 0.3) is 10.2 Å². The Morgan fingerprint density at radius 1 is 1.16 bits per heavy atom. The molecule has 3 aromatic rings. The Morgan fingerprint density at radius 3 is 2.58 bits per heavy atom. The van der Waals surface area contributed by atoms with Crippen LogP contribution in [0.2, 0.25) is 0 Å². The molecule has 0 saturated carbocycles. The number of benzene rings is 1. The van der Waals surface area contributed by atoms with Crippen LogP contribution in [0, 0.1) is 27.7 Å². The number of anilines is 1. The van der Waals surface area contributed by atoms with E-state index in [9.17, 15) is 4.79 Å². The first-order valence-corrected chi connectivity index (χ1v) is 11.7. The molecule has 3 heterocycles. The van der Waals surface area contributed by atoms with Crippen LogP contribution in [-0.4, -0.2) is 65.0 Å². The molecule has 8 heteroatoms. The Balaban J connectivity index is 1.57. The highest BCUT2D eigenvalue weighted by atomic mass is 32.1. The molecule has 0 N–H and O–H groups in total. The lowest BCUT2D eigenvalue weighted by atomic mass is 10.1. The summed E-state index contributed by atoms with van der Waals surface area (Å²) in [5.41, 5.74) is 5.26. The van der Waals surface area contributed by atoms with Gasteiger partial charge in [-0.3, -0.25) is 19.3 Å². The highest BCUT2D eigenvalue weighted by molar-refractivity contribution is 7.22. The maximum absolute atomic E-state index is 13.4. The Labute approximate surface area is 187 Å². The molecule has 1 saturated heterocycles. The fraction of sp³-hybridized carbons (Fsp3) is 0.522. The maximum atomic E-state index is 13.4. The van der Waals surface area contributed by atoms with Crippen molar-refractivity contribution in [2.45, 2.75) is 40.7 Å². The third kappa shape index (κ3) is 4.97. The van der Waals surface area contributed by atoms with E-state index in [4.69, 9.17) is 9.72 Å². The van der Waals surface area contributed by atoms with Gasteiger partial charge in [-0.05, 0) is 51.3 Å². The van der Waals surface area contributed by atoms with Crippen molar-refractivity contribution in [2.24, 2.45) is 0 Å². The van der Waals surface area contributed by atoms with Gasteiger partial charge < -0.3 is 4.74 Å². The first kappa shape index (κ1) is 21.9. The van der Waals surface area contributed by atoms with E-state index < -0.39 is 0 Å². The van der Waals surface area contributed by atoms with Gasteiger partial charge in [0.25, 0.3) is 5.91 Å². The van der Waals surface area contributed by atoms with Crippen molar-refractivity contribution < 1.29 is 9.53 Å². The molecule has 0 bridgehead atoms. The second-order valence-corrected chi connectivity index (χ2v) is 9.29. The summed E-state index contributed by atoms with van der Waals surface area (Å²) in [7, 11) is 0. The fourth-order valence-corrected chi connectivity index (χ4v) is 5.17. The van der Waals surface area contributed by atoms with Crippen LogP contribution in [0.15, 0.2) is 18.2 Å². The SMILES string of the molecule is Cc1cc(C)n(CC(=O)N(CCCN2CCOCC2)c2nc3c(C)ccc(C)c3s2)n1. The van der Waals surface area contributed by atoms with Crippen LogP contribution < -0.4 is 4.90 Å². The van der Waals surface area contributed by atoms with Crippen LogP contribution in [0.4, 0.5) is 5.13 Å². The lowest BCUT2D eigenvalue weighted by molar-refractivity contribution is -0.119. The van der Waals surface area contributed by atoms with Gasteiger partial charge in [-0.15, -0.1) is 0 Å². The van der Waals surface area contributed by atoms with E-state index in [0.29, 0.717) is 6.54 Å². The summed E-state index contributed by atoms with van der Waals surface area (Å²) in [6.45, 7) is 13.4. The van der Waals surface area contributed by atoms with Crippen LogP contribution in [-0.2, 0) is 16.1 Å². The van der Waals surface area contributed by atoms with E-state index in [0.717, 1.165) is 71.6 Å². The summed E-state index contributed by atoms with van der Waals surface area (Å²) in [4.78, 5) is 22.6. The standard InChI is InChI=1S/C23H31N5O2S/c1-16-6-7-17(2)22-21(16)24-23(31-22)27(9-5-8-26-10-12-30-13-11-26)20(29)15-28-19(4)14-18(3)25-28/h6-7,14H,5,8-13,15H2,1-4H3. The molecule has 1 fully saturated rings. The van der Waals surface area contributed by atoms with Gasteiger partial charge in [0, 0.05) is 31.9 Å². The summed E-state index contributed by atoms with van der Waals surface area (Å²) >= 11 is 1.61. The molecule has 4 rings (SSSR count). The minimum absolute atomic E-state index is 0.0301. The van der Waals surface area contributed by atoms with Crippen molar-refractivity contribution in [3.05, 3.63) is 40.7 Å². The number of rotatable bonds is 7. The number of ether oxygens (including phenoxy) is 1. The van der Waals surface area contributed by atoms with E-state index in [1.807, 2.05) is 24.8 Å². The topological polar surface area (TPSA) is 63.5 Å². The zero-order valence-corrected chi connectivity index (χ0v) is 19.7. The molecule has 7 nitrogen and oxygen atoms in total. The van der Waals surface area contributed by atoms with Crippen molar-refractivity contribution in [3.63, 3.8) is 0 Å². The number of nitrogens with zero attached hydrogens (tertiary/aromatic N) is 5. The molecule has 0 atom stereocenters. The smallest absolute Gasteiger partial charge is 0.250 e. The molecular formula is C23H31N5O2S. The average molecular weight is 442 g/mol. The second-order valence-electron chi connectivity index (χ2n) is 8.31. The normalized spacial score (nSPS) is 15.0. The number of hydrogen-bond donors (Lipinski definition) is 0. The number of carbonyl (C=O) groups excluding carboxylic acids is 1. The predicted octanol–water partition coefficient (Wildman–Crippen LogP) is 3.48. The van der Waals surface area contributed by atoms with Gasteiger partial charge >= 0.3 is 0 Å². The first-order chi connectivity index (χ1) is 14.9. The Hall–Kier alpha value is -2.29. The van der Waals surface area contributed by atoms with Gasteiger partial charge in [0.05, 0.1) is 29.1 Å². The van der Waals surface area contributed by atoms with Crippen molar-refractivity contribution >= 4 is 32.6 Å². The Kier molecular flexibility index (Phi) is 6.69. The van der Waals surface area contributed by atoms with Gasteiger partial charge in [0.15, 0.2) is 5.13 Å². The van der Waals surface area contributed by atoms with Gasteiger partial charge in [0.2, 0.25) is 0 Å². The molecule has 0 radical (unpaired) electrons. The molecule has 1 aliphatic heterocycles. The third-order valence-corrected chi connectivity index (χ3v) is 7.02. The van der Waals surface area contributed by atoms with E-state index in [1.165, 1.54) is 5.56 Å². The molecule has 1 aromatic carbocycles. The van der Waals surface area contributed by atoms with Crippen molar-refractivity contribution in [1.82, 2.24) is 19.7 Å². The number of morpholine rings is 1. The fourth-order valence-electron chi connectivity index (χ4n) is 4.02. The molecule has 31 heavy (non-hydrogen) atoms. The Bertz CT molecular complexity index is 1030. The highest BCUT2D eigenvalue weighted by Crippen LogP contribution is 2.33. The summed E-state index contributed by atoms with van der Waals surface area (Å²) in [6, 6.07) is 6.22.